The number of carboxylic acids is 1. The van der Waals surface area contributed by atoms with E-state index in [1.807, 2.05) is 55.5 Å². The first-order chi connectivity index (χ1) is 11.6. The van der Waals surface area contributed by atoms with Crippen molar-refractivity contribution in [2.45, 2.75) is 20.0 Å². The summed E-state index contributed by atoms with van der Waals surface area (Å²) in [5, 5.41) is 11.4. The van der Waals surface area contributed by atoms with Crippen molar-refractivity contribution in [3.8, 4) is 16.3 Å². The molecule has 3 aromatic rings. The van der Waals surface area contributed by atoms with Crippen LogP contribution in [-0.2, 0) is 17.8 Å². The maximum atomic E-state index is 10.7. The topological polar surface area (TPSA) is 59.4 Å². The summed E-state index contributed by atoms with van der Waals surface area (Å²) >= 11 is 1.46. The molecule has 0 fully saturated rings. The summed E-state index contributed by atoms with van der Waals surface area (Å²) in [5.41, 5.74) is 3.85. The summed E-state index contributed by atoms with van der Waals surface area (Å²) in [5.74, 6) is -0.0154. The normalized spacial score (nSPS) is 10.5. The van der Waals surface area contributed by atoms with Crippen molar-refractivity contribution in [1.29, 1.82) is 0 Å². The van der Waals surface area contributed by atoms with Crippen LogP contribution in [0.1, 0.15) is 16.8 Å². The quantitative estimate of drug-likeness (QED) is 0.726. The average molecular weight is 339 g/mol. The molecule has 2 aromatic carbocycles. The molecule has 0 aliphatic heterocycles. The molecule has 0 saturated heterocycles. The number of hydrogen-bond acceptors (Lipinski definition) is 4. The van der Waals surface area contributed by atoms with Crippen molar-refractivity contribution in [1.82, 2.24) is 4.98 Å². The number of carbonyl (C=O) groups is 1. The summed E-state index contributed by atoms with van der Waals surface area (Å²) in [7, 11) is 0. The van der Waals surface area contributed by atoms with Gasteiger partial charge in [0.05, 0.1) is 12.1 Å². The third-order valence-corrected chi connectivity index (χ3v) is 4.45. The van der Waals surface area contributed by atoms with Crippen LogP contribution in [0.4, 0.5) is 0 Å². The van der Waals surface area contributed by atoms with E-state index in [4.69, 9.17) is 9.84 Å². The van der Waals surface area contributed by atoms with Gasteiger partial charge in [-0.3, -0.25) is 4.79 Å². The Kier molecular flexibility index (Phi) is 4.91. The minimum atomic E-state index is -0.865. The lowest BCUT2D eigenvalue weighted by Gasteiger charge is -2.07. The minimum Gasteiger partial charge on any atom is -0.489 e. The zero-order valence-corrected chi connectivity index (χ0v) is 14.0. The standard InChI is InChI=1S/C19H17NO3S/c1-13-2-8-17(9-3-13)23-11-14-4-6-15(7-5-14)19-20-16(12-24-19)10-18(21)22/h2-9,12H,10-11H2,1H3,(H,21,22). The van der Waals surface area contributed by atoms with Gasteiger partial charge in [0.2, 0.25) is 0 Å². The highest BCUT2D eigenvalue weighted by Gasteiger charge is 2.08. The van der Waals surface area contributed by atoms with Crippen LogP contribution < -0.4 is 4.74 Å². The summed E-state index contributed by atoms with van der Waals surface area (Å²) in [6.07, 6.45) is -0.0427. The molecule has 1 N–H and O–H groups in total. The number of aliphatic carboxylic acids is 1. The molecule has 4 nitrogen and oxygen atoms in total. The molecule has 1 heterocycles. The van der Waals surface area contributed by atoms with E-state index in [-0.39, 0.29) is 6.42 Å². The summed E-state index contributed by atoms with van der Waals surface area (Å²) in [4.78, 5) is 15.1. The van der Waals surface area contributed by atoms with Gasteiger partial charge >= 0.3 is 5.97 Å². The molecule has 24 heavy (non-hydrogen) atoms. The number of nitrogens with zero attached hydrogens (tertiary/aromatic N) is 1. The fourth-order valence-corrected chi connectivity index (χ4v) is 3.05. The smallest absolute Gasteiger partial charge is 0.309 e. The van der Waals surface area contributed by atoms with E-state index in [0.717, 1.165) is 21.9 Å². The van der Waals surface area contributed by atoms with E-state index in [9.17, 15) is 4.79 Å². The number of thiazole rings is 1. The van der Waals surface area contributed by atoms with E-state index in [0.29, 0.717) is 12.3 Å². The molecule has 0 atom stereocenters. The van der Waals surface area contributed by atoms with E-state index < -0.39 is 5.97 Å². The fraction of sp³-hybridized carbons (Fsp3) is 0.158. The molecule has 1 aromatic heterocycles. The molecule has 0 spiro atoms. The highest BCUT2D eigenvalue weighted by Crippen LogP contribution is 2.24. The summed E-state index contributed by atoms with van der Waals surface area (Å²) < 4.78 is 5.76. The van der Waals surface area contributed by atoms with Crippen molar-refractivity contribution < 1.29 is 14.6 Å². The van der Waals surface area contributed by atoms with Gasteiger partial charge in [0.25, 0.3) is 0 Å². The minimum absolute atomic E-state index is 0.0427. The first-order valence-electron chi connectivity index (χ1n) is 7.55. The van der Waals surface area contributed by atoms with Crippen molar-refractivity contribution in [2.24, 2.45) is 0 Å². The molecule has 5 heteroatoms. The van der Waals surface area contributed by atoms with Gasteiger partial charge in [0, 0.05) is 10.9 Å². The van der Waals surface area contributed by atoms with Crippen LogP contribution in [0.25, 0.3) is 10.6 Å². The summed E-state index contributed by atoms with van der Waals surface area (Å²) in [6, 6.07) is 15.9. The van der Waals surface area contributed by atoms with Gasteiger partial charge in [0.1, 0.15) is 17.4 Å². The Labute approximate surface area is 144 Å². The number of aryl methyl sites for hydroxylation is 1. The van der Waals surface area contributed by atoms with Gasteiger partial charge in [0.15, 0.2) is 0 Å². The Balaban J connectivity index is 1.63. The van der Waals surface area contributed by atoms with Gasteiger partial charge in [-0.15, -0.1) is 11.3 Å². The second-order valence-electron chi connectivity index (χ2n) is 5.51. The number of carboxylic acid groups (broad SMARTS) is 1. The van der Waals surface area contributed by atoms with Crippen LogP contribution in [0, 0.1) is 6.92 Å². The van der Waals surface area contributed by atoms with Gasteiger partial charge in [-0.25, -0.2) is 4.98 Å². The van der Waals surface area contributed by atoms with Crippen LogP contribution >= 0.6 is 11.3 Å². The maximum Gasteiger partial charge on any atom is 0.309 e. The molecular formula is C19H17NO3S. The molecule has 122 valence electrons. The molecule has 0 saturated carbocycles. The molecule has 0 unspecified atom stereocenters. The van der Waals surface area contributed by atoms with Crippen LogP contribution in [0.3, 0.4) is 0 Å². The lowest BCUT2D eigenvalue weighted by Crippen LogP contribution is -1.99. The number of hydrogen-bond donors (Lipinski definition) is 1. The third kappa shape index (κ3) is 4.20. The van der Waals surface area contributed by atoms with Gasteiger partial charge in [-0.05, 0) is 24.6 Å². The third-order valence-electron chi connectivity index (χ3n) is 3.51. The predicted octanol–water partition coefficient (Wildman–Crippen LogP) is 4.32. The first-order valence-corrected chi connectivity index (χ1v) is 8.43. The SMILES string of the molecule is Cc1ccc(OCc2ccc(-c3nc(CC(=O)O)cs3)cc2)cc1. The second kappa shape index (κ2) is 7.27. The zero-order valence-electron chi connectivity index (χ0n) is 13.2. The van der Waals surface area contributed by atoms with Gasteiger partial charge in [-0.2, -0.15) is 0 Å². The molecule has 0 radical (unpaired) electrons. The van der Waals surface area contributed by atoms with Crippen molar-refractivity contribution in [2.75, 3.05) is 0 Å². The van der Waals surface area contributed by atoms with Crippen LogP contribution in [0.15, 0.2) is 53.9 Å². The molecular weight excluding hydrogens is 322 g/mol. The second-order valence-corrected chi connectivity index (χ2v) is 6.37. The molecule has 0 amide bonds. The fourth-order valence-electron chi connectivity index (χ4n) is 2.22. The highest BCUT2D eigenvalue weighted by atomic mass is 32.1. The van der Waals surface area contributed by atoms with Crippen molar-refractivity contribution in [3.63, 3.8) is 0 Å². The number of aromatic nitrogens is 1. The largest absolute Gasteiger partial charge is 0.489 e. The van der Waals surface area contributed by atoms with E-state index in [1.165, 1.54) is 16.9 Å². The molecule has 0 aliphatic carbocycles. The Morgan fingerprint density at radius 3 is 2.50 bits per heavy atom. The van der Waals surface area contributed by atoms with Crippen LogP contribution in [-0.4, -0.2) is 16.1 Å². The zero-order chi connectivity index (χ0) is 16.9. The Morgan fingerprint density at radius 2 is 1.83 bits per heavy atom. The number of ether oxygens (including phenoxy) is 1. The Bertz CT molecular complexity index is 823. The average Bonchev–Trinajstić information content (AvgIpc) is 3.02. The molecule has 0 aliphatic rings. The van der Waals surface area contributed by atoms with Gasteiger partial charge in [-0.1, -0.05) is 42.0 Å². The molecule has 0 bridgehead atoms. The summed E-state index contributed by atoms with van der Waals surface area (Å²) in [6.45, 7) is 2.55. The lowest BCUT2D eigenvalue weighted by atomic mass is 10.1. The van der Waals surface area contributed by atoms with E-state index in [2.05, 4.69) is 4.98 Å². The van der Waals surface area contributed by atoms with Crippen LogP contribution in [0.5, 0.6) is 5.75 Å². The number of rotatable bonds is 6. The van der Waals surface area contributed by atoms with Crippen LogP contribution in [0.2, 0.25) is 0 Å². The highest BCUT2D eigenvalue weighted by molar-refractivity contribution is 7.13. The van der Waals surface area contributed by atoms with Gasteiger partial charge < -0.3 is 9.84 Å². The maximum absolute atomic E-state index is 10.7. The Hall–Kier alpha value is -2.66. The first kappa shape index (κ1) is 16.2. The van der Waals surface area contributed by atoms with Crippen molar-refractivity contribution in [3.05, 3.63) is 70.7 Å². The van der Waals surface area contributed by atoms with E-state index >= 15 is 0 Å². The molecule has 3 rings (SSSR count). The lowest BCUT2D eigenvalue weighted by molar-refractivity contribution is -0.136. The van der Waals surface area contributed by atoms with E-state index in [1.54, 1.807) is 5.38 Å². The predicted molar refractivity (Wildman–Crippen MR) is 94.4 cm³/mol. The number of benzene rings is 2. The monoisotopic (exact) mass is 339 g/mol. The van der Waals surface area contributed by atoms with Crippen molar-refractivity contribution >= 4 is 17.3 Å². The Morgan fingerprint density at radius 1 is 1.12 bits per heavy atom.